The molecule has 7 heteroatoms. The summed E-state index contributed by atoms with van der Waals surface area (Å²) in [6.07, 6.45) is 3.11. The highest BCUT2D eigenvalue weighted by Crippen LogP contribution is 2.35. The third kappa shape index (κ3) is 3.16. The van der Waals surface area contributed by atoms with E-state index >= 15 is 0 Å². The molecule has 0 saturated carbocycles. The van der Waals surface area contributed by atoms with E-state index in [9.17, 15) is 9.59 Å². The highest BCUT2D eigenvalue weighted by Gasteiger charge is 2.36. The number of hydrogen-bond acceptors (Lipinski definition) is 5. The summed E-state index contributed by atoms with van der Waals surface area (Å²) in [5.74, 6) is 0.693. The molecule has 1 fully saturated rings. The molecule has 0 radical (unpaired) electrons. The third-order valence-corrected chi connectivity index (χ3v) is 6.51. The van der Waals surface area contributed by atoms with Gasteiger partial charge in [-0.05, 0) is 30.5 Å². The summed E-state index contributed by atoms with van der Waals surface area (Å²) >= 11 is 1.52. The van der Waals surface area contributed by atoms with Gasteiger partial charge in [-0.2, -0.15) is 0 Å². The first-order chi connectivity index (χ1) is 13.7. The maximum atomic E-state index is 12.9. The van der Waals surface area contributed by atoms with E-state index in [4.69, 9.17) is 0 Å². The molecule has 0 N–H and O–H groups in total. The van der Waals surface area contributed by atoms with Crippen LogP contribution in [0.4, 0.5) is 0 Å². The lowest BCUT2D eigenvalue weighted by Gasteiger charge is -2.42. The van der Waals surface area contributed by atoms with E-state index in [-0.39, 0.29) is 17.4 Å². The second kappa shape index (κ2) is 6.98. The number of carbonyl (C=O) groups is 1. The number of rotatable bonds is 3. The van der Waals surface area contributed by atoms with E-state index in [2.05, 4.69) is 9.97 Å². The average Bonchev–Trinajstić information content (AvgIpc) is 3.18. The predicted octanol–water partition coefficient (Wildman–Crippen LogP) is 2.56. The quantitative estimate of drug-likeness (QED) is 0.687. The topological polar surface area (TPSA) is 68.1 Å². The van der Waals surface area contributed by atoms with Gasteiger partial charge in [-0.15, -0.1) is 11.3 Å². The number of hydrogen-bond donors (Lipinski definition) is 0. The lowest BCUT2D eigenvalue weighted by atomic mass is 9.83. The lowest BCUT2D eigenvalue weighted by Crippen LogP contribution is -2.49. The number of aromatic nitrogens is 3. The summed E-state index contributed by atoms with van der Waals surface area (Å²) in [5, 5.41) is 2.79. The van der Waals surface area contributed by atoms with Crippen molar-refractivity contribution in [2.75, 3.05) is 13.1 Å². The Balaban J connectivity index is 1.31. The van der Waals surface area contributed by atoms with Crippen LogP contribution in [0.3, 0.4) is 0 Å². The molecule has 0 unspecified atom stereocenters. The number of pyridine rings is 2. The summed E-state index contributed by atoms with van der Waals surface area (Å²) < 4.78 is 1.89. The van der Waals surface area contributed by atoms with E-state index in [0.717, 1.165) is 28.5 Å². The summed E-state index contributed by atoms with van der Waals surface area (Å²) in [7, 11) is 0. The number of carbonyl (C=O) groups excluding carboxylic acids is 1. The molecule has 28 heavy (non-hydrogen) atoms. The van der Waals surface area contributed by atoms with Crippen LogP contribution in [0.2, 0.25) is 0 Å². The van der Waals surface area contributed by atoms with Gasteiger partial charge in [0, 0.05) is 48.9 Å². The van der Waals surface area contributed by atoms with Crippen LogP contribution in [0.25, 0.3) is 10.7 Å². The molecule has 6 nitrogen and oxygen atoms in total. The first kappa shape index (κ1) is 17.3. The van der Waals surface area contributed by atoms with E-state index < -0.39 is 0 Å². The van der Waals surface area contributed by atoms with Crippen molar-refractivity contribution in [3.05, 3.63) is 69.7 Å². The summed E-state index contributed by atoms with van der Waals surface area (Å²) in [6, 6.07) is 11.2. The molecule has 0 aromatic carbocycles. The zero-order valence-corrected chi connectivity index (χ0v) is 16.1. The fourth-order valence-corrected chi connectivity index (χ4v) is 5.16. The standard InChI is InChI=1S/C21H20N4O2S/c26-19-6-3-5-18-15-8-14(11-25(18)19)10-24(12-15)20(27)9-16-13-28-21(23-16)17-4-1-2-7-22-17/h1-7,13-15H,8-12H2/t14-,15+/m1/s1. The van der Waals surface area contributed by atoms with Crippen molar-refractivity contribution >= 4 is 17.2 Å². The number of thiazole rings is 1. The van der Waals surface area contributed by atoms with Crippen LogP contribution in [-0.2, 0) is 17.8 Å². The minimum atomic E-state index is 0.0662. The number of nitrogens with zero attached hydrogens (tertiary/aromatic N) is 4. The molecular formula is C21H20N4O2S. The highest BCUT2D eigenvalue weighted by atomic mass is 32.1. The van der Waals surface area contributed by atoms with Crippen molar-refractivity contribution in [1.29, 1.82) is 0 Å². The molecule has 3 aromatic heterocycles. The first-order valence-electron chi connectivity index (χ1n) is 9.50. The molecule has 2 aliphatic rings. The van der Waals surface area contributed by atoms with Crippen molar-refractivity contribution in [3.63, 3.8) is 0 Å². The molecule has 0 spiro atoms. The van der Waals surface area contributed by atoms with Crippen LogP contribution in [0, 0.1) is 5.92 Å². The Labute approximate surface area is 166 Å². The summed E-state index contributed by atoms with van der Waals surface area (Å²) in [4.78, 5) is 35.9. The number of fused-ring (bicyclic) bond motifs is 4. The van der Waals surface area contributed by atoms with Crippen LogP contribution >= 0.6 is 11.3 Å². The second-order valence-corrected chi connectivity index (χ2v) is 8.39. The molecule has 2 atom stereocenters. The van der Waals surface area contributed by atoms with Gasteiger partial charge in [0.15, 0.2) is 0 Å². The smallest absolute Gasteiger partial charge is 0.250 e. The SMILES string of the molecule is O=C(Cc1csc(-c2ccccn2)n1)N1C[C@H]2C[C@@H](C1)c1cccc(=O)n1C2. The monoisotopic (exact) mass is 392 g/mol. The molecular weight excluding hydrogens is 372 g/mol. The van der Waals surface area contributed by atoms with Crippen LogP contribution in [0.15, 0.2) is 52.8 Å². The van der Waals surface area contributed by atoms with Crippen LogP contribution in [0.5, 0.6) is 0 Å². The van der Waals surface area contributed by atoms with Gasteiger partial charge in [0.2, 0.25) is 5.91 Å². The van der Waals surface area contributed by atoms with E-state index in [1.807, 2.05) is 45.2 Å². The fourth-order valence-electron chi connectivity index (χ4n) is 4.36. The van der Waals surface area contributed by atoms with Gasteiger partial charge in [0.25, 0.3) is 5.56 Å². The number of piperidine rings is 1. The third-order valence-electron chi connectivity index (χ3n) is 5.60. The van der Waals surface area contributed by atoms with Gasteiger partial charge in [0.1, 0.15) is 5.01 Å². The van der Waals surface area contributed by atoms with Gasteiger partial charge >= 0.3 is 0 Å². The molecule has 142 valence electrons. The van der Waals surface area contributed by atoms with Crippen LogP contribution in [0.1, 0.15) is 23.7 Å². The highest BCUT2D eigenvalue weighted by molar-refractivity contribution is 7.13. The van der Waals surface area contributed by atoms with Crippen molar-refractivity contribution in [1.82, 2.24) is 19.4 Å². The van der Waals surface area contributed by atoms with Gasteiger partial charge in [-0.25, -0.2) is 4.98 Å². The average molecular weight is 392 g/mol. The molecule has 1 amide bonds. The zero-order chi connectivity index (χ0) is 19.1. The molecule has 2 bridgehead atoms. The zero-order valence-electron chi connectivity index (χ0n) is 15.3. The minimum absolute atomic E-state index is 0.0662. The molecule has 3 aromatic rings. The van der Waals surface area contributed by atoms with Crippen molar-refractivity contribution in [2.24, 2.45) is 5.92 Å². The van der Waals surface area contributed by atoms with E-state index in [0.29, 0.717) is 32.0 Å². The normalized spacial score (nSPS) is 20.6. The summed E-state index contributed by atoms with van der Waals surface area (Å²) in [6.45, 7) is 2.10. The largest absolute Gasteiger partial charge is 0.341 e. The van der Waals surface area contributed by atoms with Crippen molar-refractivity contribution in [2.45, 2.75) is 25.3 Å². The molecule has 5 heterocycles. The van der Waals surface area contributed by atoms with Crippen LogP contribution < -0.4 is 5.56 Å². The van der Waals surface area contributed by atoms with E-state index in [1.165, 1.54) is 11.3 Å². The summed E-state index contributed by atoms with van der Waals surface area (Å²) in [5.41, 5.74) is 2.76. The van der Waals surface area contributed by atoms with Crippen molar-refractivity contribution in [3.8, 4) is 10.7 Å². The maximum absolute atomic E-state index is 12.9. The molecule has 2 aliphatic heterocycles. The lowest BCUT2D eigenvalue weighted by molar-refractivity contribution is -0.133. The Morgan fingerprint density at radius 3 is 2.93 bits per heavy atom. The van der Waals surface area contributed by atoms with Crippen molar-refractivity contribution < 1.29 is 4.79 Å². The molecule has 5 rings (SSSR count). The predicted molar refractivity (Wildman–Crippen MR) is 107 cm³/mol. The molecule has 0 aliphatic carbocycles. The van der Waals surface area contributed by atoms with Gasteiger partial charge in [-0.3, -0.25) is 14.6 Å². The number of amides is 1. The fraction of sp³-hybridized carbons (Fsp3) is 0.333. The first-order valence-corrected chi connectivity index (χ1v) is 10.4. The van der Waals surface area contributed by atoms with E-state index in [1.54, 1.807) is 12.3 Å². The Morgan fingerprint density at radius 1 is 1.14 bits per heavy atom. The number of likely N-dealkylation sites (tertiary alicyclic amines) is 1. The minimum Gasteiger partial charge on any atom is -0.341 e. The Kier molecular flexibility index (Phi) is 4.31. The Hall–Kier alpha value is -2.80. The van der Waals surface area contributed by atoms with Crippen LogP contribution in [-0.4, -0.2) is 38.4 Å². The van der Waals surface area contributed by atoms with Gasteiger partial charge < -0.3 is 9.47 Å². The Morgan fingerprint density at radius 2 is 2.07 bits per heavy atom. The Bertz CT molecular complexity index is 1080. The second-order valence-electron chi connectivity index (χ2n) is 7.53. The molecule has 1 saturated heterocycles. The van der Waals surface area contributed by atoms with Gasteiger partial charge in [0.05, 0.1) is 17.8 Å². The van der Waals surface area contributed by atoms with Gasteiger partial charge in [-0.1, -0.05) is 12.1 Å². The maximum Gasteiger partial charge on any atom is 0.250 e.